The van der Waals surface area contributed by atoms with Crippen LogP contribution in [0.2, 0.25) is 0 Å². The molecule has 102 valence electrons. The van der Waals surface area contributed by atoms with Gasteiger partial charge in [-0.15, -0.1) is 0 Å². The fraction of sp³-hybridized carbons (Fsp3) is 0.900. The third-order valence-electron chi connectivity index (χ3n) is 1.74. The smallest absolute Gasteiger partial charge is 0.246 e. The molecule has 2 N–H and O–H groups in total. The van der Waals surface area contributed by atoms with Gasteiger partial charge < -0.3 is 10.1 Å². The summed E-state index contributed by atoms with van der Waals surface area (Å²) in [6.07, 6.45) is 1.07. The summed E-state index contributed by atoms with van der Waals surface area (Å²) in [5.74, 6) is -0.262. The molecule has 0 rings (SSSR count). The normalized spacial score (nSPS) is 12.8. The van der Waals surface area contributed by atoms with E-state index in [1.54, 1.807) is 13.8 Å². The van der Waals surface area contributed by atoms with Crippen LogP contribution in [0.1, 0.15) is 27.7 Å². The molecule has 0 aromatic carbocycles. The van der Waals surface area contributed by atoms with Crippen molar-refractivity contribution in [3.63, 3.8) is 0 Å². The number of carbonyl (C=O) groups excluding carboxylic acids is 1. The molecule has 7 heteroatoms. The van der Waals surface area contributed by atoms with E-state index in [2.05, 4.69) is 10.0 Å². The second kappa shape index (κ2) is 6.32. The highest BCUT2D eigenvalue weighted by Gasteiger charge is 2.22. The van der Waals surface area contributed by atoms with Gasteiger partial charge in [-0.1, -0.05) is 0 Å². The van der Waals surface area contributed by atoms with Gasteiger partial charge in [0.05, 0.1) is 12.4 Å². The number of sulfonamides is 1. The maximum atomic E-state index is 11.3. The van der Waals surface area contributed by atoms with Gasteiger partial charge in [-0.05, 0) is 27.7 Å². The minimum Gasteiger partial charge on any atom is -0.369 e. The zero-order chi connectivity index (χ0) is 13.7. The molecule has 0 atom stereocenters. The highest BCUT2D eigenvalue weighted by atomic mass is 32.2. The molecule has 0 fully saturated rings. The Kier molecular flexibility index (Phi) is 6.08. The van der Waals surface area contributed by atoms with Gasteiger partial charge in [0.2, 0.25) is 15.9 Å². The molecule has 17 heavy (non-hydrogen) atoms. The van der Waals surface area contributed by atoms with Crippen LogP contribution in [0, 0.1) is 0 Å². The first-order valence-electron chi connectivity index (χ1n) is 5.39. The molecule has 6 nitrogen and oxygen atoms in total. The van der Waals surface area contributed by atoms with Crippen molar-refractivity contribution >= 4 is 15.9 Å². The summed E-state index contributed by atoms with van der Waals surface area (Å²) in [5, 5.41) is 2.61. The first-order chi connectivity index (χ1) is 7.52. The lowest BCUT2D eigenvalue weighted by molar-refractivity contribution is -0.127. The van der Waals surface area contributed by atoms with Crippen LogP contribution in [0.25, 0.3) is 0 Å². The van der Waals surface area contributed by atoms with E-state index >= 15 is 0 Å². The Hall–Kier alpha value is -0.660. The third kappa shape index (κ3) is 10.2. The van der Waals surface area contributed by atoms with Crippen molar-refractivity contribution in [2.75, 3.05) is 19.4 Å². The van der Waals surface area contributed by atoms with Crippen molar-refractivity contribution in [3.8, 4) is 0 Å². The molecule has 0 aliphatic rings. The quantitative estimate of drug-likeness (QED) is 0.671. The Labute approximate surface area is 103 Å². The molecule has 0 bridgehead atoms. The molecule has 0 aromatic rings. The molecule has 1 amide bonds. The fourth-order valence-corrected chi connectivity index (χ4v) is 2.23. The lowest BCUT2D eigenvalue weighted by atomic mass is 10.1. The van der Waals surface area contributed by atoms with E-state index in [0.29, 0.717) is 0 Å². The van der Waals surface area contributed by atoms with Gasteiger partial charge in [0.15, 0.2) is 0 Å². The summed E-state index contributed by atoms with van der Waals surface area (Å²) in [7, 11) is -3.29. The monoisotopic (exact) mass is 266 g/mol. The van der Waals surface area contributed by atoms with E-state index in [0.717, 1.165) is 6.26 Å². The SMILES string of the molecule is CC(C)OCC(=O)NCC(C)(C)NS(C)(=O)=O. The van der Waals surface area contributed by atoms with Gasteiger partial charge in [0, 0.05) is 12.1 Å². The predicted octanol–water partition coefficient (Wildman–Crippen LogP) is -0.145. The van der Waals surface area contributed by atoms with Crippen molar-refractivity contribution in [1.82, 2.24) is 10.0 Å². The molecule has 0 heterocycles. The average Bonchev–Trinajstić information content (AvgIpc) is 2.07. The van der Waals surface area contributed by atoms with Crippen LogP contribution in [0.5, 0.6) is 0 Å². The average molecular weight is 266 g/mol. The standard InChI is InChI=1S/C10H22N2O4S/c1-8(2)16-6-9(13)11-7-10(3,4)12-17(5,14)15/h8,12H,6-7H2,1-5H3,(H,11,13). The molecule has 0 unspecified atom stereocenters. The number of nitrogens with one attached hydrogen (secondary N) is 2. The van der Waals surface area contributed by atoms with Crippen molar-refractivity contribution in [1.29, 1.82) is 0 Å². The zero-order valence-corrected chi connectivity index (χ0v) is 11.8. The second-order valence-corrected chi connectivity index (χ2v) is 6.64. The first-order valence-corrected chi connectivity index (χ1v) is 7.28. The van der Waals surface area contributed by atoms with Crippen LogP contribution in [0.4, 0.5) is 0 Å². The van der Waals surface area contributed by atoms with Crippen molar-refractivity contribution in [3.05, 3.63) is 0 Å². The van der Waals surface area contributed by atoms with E-state index < -0.39 is 15.6 Å². The maximum absolute atomic E-state index is 11.3. The minimum absolute atomic E-state index is 0.0112. The van der Waals surface area contributed by atoms with Crippen LogP contribution < -0.4 is 10.0 Å². The fourth-order valence-electron chi connectivity index (χ4n) is 1.15. The van der Waals surface area contributed by atoms with E-state index in [4.69, 9.17) is 4.74 Å². The van der Waals surface area contributed by atoms with Gasteiger partial charge in [-0.25, -0.2) is 13.1 Å². The van der Waals surface area contributed by atoms with Gasteiger partial charge in [0.25, 0.3) is 0 Å². The number of amides is 1. The number of ether oxygens (including phenoxy) is 1. The summed E-state index contributed by atoms with van der Waals surface area (Å²) < 4.78 is 29.7. The molecule has 0 spiro atoms. The molecule has 0 aliphatic carbocycles. The number of hydrogen-bond acceptors (Lipinski definition) is 4. The first kappa shape index (κ1) is 16.3. The van der Waals surface area contributed by atoms with Crippen molar-refractivity contribution in [2.45, 2.75) is 39.3 Å². The van der Waals surface area contributed by atoms with Crippen molar-refractivity contribution < 1.29 is 17.9 Å². The van der Waals surface area contributed by atoms with Crippen LogP contribution in [0.3, 0.4) is 0 Å². The van der Waals surface area contributed by atoms with E-state index in [9.17, 15) is 13.2 Å². The molecule has 0 saturated heterocycles. The van der Waals surface area contributed by atoms with Crippen LogP contribution >= 0.6 is 0 Å². The van der Waals surface area contributed by atoms with Crippen LogP contribution in [-0.4, -0.2) is 45.4 Å². The Balaban J connectivity index is 4.05. The Morgan fingerprint density at radius 1 is 1.35 bits per heavy atom. The Bertz CT molecular complexity index is 349. The lowest BCUT2D eigenvalue weighted by Gasteiger charge is -2.25. The topological polar surface area (TPSA) is 84.5 Å². The molecule has 0 saturated carbocycles. The maximum Gasteiger partial charge on any atom is 0.246 e. The number of carbonyl (C=O) groups is 1. The zero-order valence-electron chi connectivity index (χ0n) is 11.0. The summed E-state index contributed by atoms with van der Waals surface area (Å²) in [6.45, 7) is 7.24. The largest absolute Gasteiger partial charge is 0.369 e. The minimum atomic E-state index is -3.29. The third-order valence-corrected chi connectivity index (χ3v) is 2.66. The van der Waals surface area contributed by atoms with Crippen LogP contribution in [0.15, 0.2) is 0 Å². The van der Waals surface area contributed by atoms with E-state index in [1.165, 1.54) is 0 Å². The Morgan fingerprint density at radius 3 is 2.29 bits per heavy atom. The summed E-state index contributed by atoms with van der Waals surface area (Å²) in [5.41, 5.74) is -0.721. The summed E-state index contributed by atoms with van der Waals surface area (Å²) in [6, 6.07) is 0. The van der Waals surface area contributed by atoms with Crippen molar-refractivity contribution in [2.24, 2.45) is 0 Å². The van der Waals surface area contributed by atoms with E-state index in [1.807, 2.05) is 13.8 Å². The highest BCUT2D eigenvalue weighted by Crippen LogP contribution is 2.01. The van der Waals surface area contributed by atoms with Crippen LogP contribution in [-0.2, 0) is 19.6 Å². The molecule has 0 aliphatic heterocycles. The molecular formula is C10H22N2O4S. The summed E-state index contributed by atoms with van der Waals surface area (Å²) >= 11 is 0. The number of hydrogen-bond donors (Lipinski definition) is 2. The van der Waals surface area contributed by atoms with Gasteiger partial charge in [0.1, 0.15) is 6.61 Å². The predicted molar refractivity (Wildman–Crippen MR) is 66.2 cm³/mol. The Morgan fingerprint density at radius 2 is 1.88 bits per heavy atom. The van der Waals surface area contributed by atoms with Gasteiger partial charge >= 0.3 is 0 Å². The number of rotatable bonds is 7. The van der Waals surface area contributed by atoms with E-state index in [-0.39, 0.29) is 25.2 Å². The van der Waals surface area contributed by atoms with Gasteiger partial charge in [-0.2, -0.15) is 0 Å². The molecule has 0 aromatic heterocycles. The lowest BCUT2D eigenvalue weighted by Crippen LogP contribution is -2.51. The summed E-state index contributed by atoms with van der Waals surface area (Å²) in [4.78, 5) is 11.3. The highest BCUT2D eigenvalue weighted by molar-refractivity contribution is 7.88. The molecular weight excluding hydrogens is 244 g/mol. The van der Waals surface area contributed by atoms with Gasteiger partial charge in [-0.3, -0.25) is 4.79 Å². The second-order valence-electron chi connectivity index (χ2n) is 4.89. The molecule has 0 radical (unpaired) electrons.